The fourth-order valence-corrected chi connectivity index (χ4v) is 2.24. The number of halogens is 1. The average Bonchev–Trinajstić information content (AvgIpc) is 2.46. The molecule has 3 nitrogen and oxygen atoms in total. The molecule has 0 aliphatic carbocycles. The van der Waals surface area contributed by atoms with E-state index >= 15 is 0 Å². The molecule has 0 fully saturated rings. The summed E-state index contributed by atoms with van der Waals surface area (Å²) in [7, 11) is 0. The highest BCUT2D eigenvalue weighted by atomic mass is 79.9. The normalized spacial score (nSPS) is 9.95. The lowest BCUT2D eigenvalue weighted by Gasteiger charge is -2.11. The van der Waals surface area contributed by atoms with Gasteiger partial charge in [-0.3, -0.25) is 0 Å². The van der Waals surface area contributed by atoms with Crippen molar-refractivity contribution in [2.24, 2.45) is 5.73 Å². The van der Waals surface area contributed by atoms with E-state index in [1.807, 2.05) is 36.4 Å². The Labute approximate surface area is 121 Å². The van der Waals surface area contributed by atoms with Gasteiger partial charge >= 0.3 is 0 Å². The molecule has 0 unspecified atom stereocenters. The van der Waals surface area contributed by atoms with E-state index in [0.717, 1.165) is 21.3 Å². The Balaban J connectivity index is 2.17. The lowest BCUT2D eigenvalue weighted by Crippen LogP contribution is -2.07. The Kier molecular flexibility index (Phi) is 4.56. The molecule has 2 aromatic rings. The van der Waals surface area contributed by atoms with Crippen molar-refractivity contribution in [2.75, 3.05) is 5.32 Å². The van der Waals surface area contributed by atoms with E-state index in [2.05, 4.69) is 27.3 Å². The van der Waals surface area contributed by atoms with E-state index in [-0.39, 0.29) is 0 Å². The SMILES string of the molecule is N#Cc1cc(Br)ccc1NCc1ccccc1CN. The third-order valence-electron chi connectivity index (χ3n) is 2.91. The molecule has 0 saturated heterocycles. The van der Waals surface area contributed by atoms with Crippen molar-refractivity contribution < 1.29 is 0 Å². The van der Waals surface area contributed by atoms with Crippen molar-refractivity contribution >= 4 is 21.6 Å². The smallest absolute Gasteiger partial charge is 0.101 e. The van der Waals surface area contributed by atoms with E-state index in [9.17, 15) is 0 Å². The van der Waals surface area contributed by atoms with Gasteiger partial charge in [-0.1, -0.05) is 40.2 Å². The molecular formula is C15H14BrN3. The Hall–Kier alpha value is -1.83. The highest BCUT2D eigenvalue weighted by Gasteiger charge is 2.04. The lowest BCUT2D eigenvalue weighted by atomic mass is 10.1. The van der Waals surface area contributed by atoms with Gasteiger partial charge in [-0.05, 0) is 29.3 Å². The molecule has 0 amide bonds. The van der Waals surface area contributed by atoms with Crippen LogP contribution in [0.3, 0.4) is 0 Å². The van der Waals surface area contributed by atoms with Gasteiger partial charge in [0.25, 0.3) is 0 Å². The molecule has 2 aromatic carbocycles. The van der Waals surface area contributed by atoms with E-state index in [0.29, 0.717) is 18.7 Å². The molecule has 0 spiro atoms. The molecule has 0 bridgehead atoms. The van der Waals surface area contributed by atoms with Crippen molar-refractivity contribution in [3.05, 3.63) is 63.6 Å². The molecule has 0 aliphatic heterocycles. The van der Waals surface area contributed by atoms with Gasteiger partial charge in [0.15, 0.2) is 0 Å². The summed E-state index contributed by atoms with van der Waals surface area (Å²) in [4.78, 5) is 0. The molecule has 0 atom stereocenters. The molecule has 0 heterocycles. The molecule has 4 heteroatoms. The van der Waals surface area contributed by atoms with Crippen molar-refractivity contribution in [3.63, 3.8) is 0 Å². The van der Waals surface area contributed by atoms with Gasteiger partial charge in [0.2, 0.25) is 0 Å². The Morgan fingerprint density at radius 1 is 1.16 bits per heavy atom. The molecule has 0 saturated carbocycles. The van der Waals surface area contributed by atoms with Gasteiger partial charge < -0.3 is 11.1 Å². The summed E-state index contributed by atoms with van der Waals surface area (Å²) < 4.78 is 0.900. The molecular weight excluding hydrogens is 302 g/mol. The van der Waals surface area contributed by atoms with Gasteiger partial charge in [-0.15, -0.1) is 0 Å². The molecule has 0 aliphatic rings. The van der Waals surface area contributed by atoms with Crippen LogP contribution >= 0.6 is 15.9 Å². The maximum Gasteiger partial charge on any atom is 0.101 e. The maximum absolute atomic E-state index is 9.11. The van der Waals surface area contributed by atoms with Crippen LogP contribution < -0.4 is 11.1 Å². The number of hydrogen-bond acceptors (Lipinski definition) is 3. The number of anilines is 1. The standard InChI is InChI=1S/C15H14BrN3/c16-14-5-6-15(13(7-14)9-18)19-10-12-4-2-1-3-11(12)8-17/h1-7,19H,8,10,17H2. The first kappa shape index (κ1) is 13.6. The summed E-state index contributed by atoms with van der Waals surface area (Å²) in [6.07, 6.45) is 0. The quantitative estimate of drug-likeness (QED) is 0.909. The summed E-state index contributed by atoms with van der Waals surface area (Å²) in [6.45, 7) is 1.17. The average molecular weight is 316 g/mol. The summed E-state index contributed by atoms with van der Waals surface area (Å²) in [6, 6.07) is 15.8. The molecule has 0 radical (unpaired) electrons. The largest absolute Gasteiger partial charge is 0.380 e. The Morgan fingerprint density at radius 2 is 1.89 bits per heavy atom. The van der Waals surface area contributed by atoms with Crippen molar-refractivity contribution in [2.45, 2.75) is 13.1 Å². The molecule has 96 valence electrons. The minimum Gasteiger partial charge on any atom is -0.380 e. The van der Waals surface area contributed by atoms with E-state index < -0.39 is 0 Å². The second-order valence-corrected chi connectivity index (χ2v) is 5.04. The summed E-state index contributed by atoms with van der Waals surface area (Å²) in [5, 5.41) is 12.4. The molecule has 0 aromatic heterocycles. The van der Waals surface area contributed by atoms with Crippen LogP contribution in [0.4, 0.5) is 5.69 Å². The Bertz CT molecular complexity index is 617. The second kappa shape index (κ2) is 6.37. The van der Waals surface area contributed by atoms with Crippen LogP contribution in [0.25, 0.3) is 0 Å². The topological polar surface area (TPSA) is 61.8 Å². The zero-order chi connectivity index (χ0) is 13.7. The van der Waals surface area contributed by atoms with Gasteiger partial charge in [-0.2, -0.15) is 5.26 Å². The van der Waals surface area contributed by atoms with Crippen LogP contribution in [0.1, 0.15) is 16.7 Å². The third kappa shape index (κ3) is 3.34. The van der Waals surface area contributed by atoms with Crippen molar-refractivity contribution in [1.29, 1.82) is 5.26 Å². The van der Waals surface area contributed by atoms with Crippen LogP contribution in [-0.4, -0.2) is 0 Å². The summed E-state index contributed by atoms with van der Waals surface area (Å²) in [5.41, 5.74) is 9.43. The fraction of sp³-hybridized carbons (Fsp3) is 0.133. The number of nitrogens with two attached hydrogens (primary N) is 1. The van der Waals surface area contributed by atoms with Gasteiger partial charge in [0, 0.05) is 17.6 Å². The minimum absolute atomic E-state index is 0.517. The summed E-state index contributed by atoms with van der Waals surface area (Å²) >= 11 is 3.36. The summed E-state index contributed by atoms with van der Waals surface area (Å²) in [5.74, 6) is 0. The first-order valence-electron chi connectivity index (χ1n) is 5.95. The van der Waals surface area contributed by atoms with Crippen molar-refractivity contribution in [3.8, 4) is 6.07 Å². The van der Waals surface area contributed by atoms with Gasteiger partial charge in [0.1, 0.15) is 6.07 Å². The van der Waals surface area contributed by atoms with Gasteiger partial charge in [0.05, 0.1) is 11.3 Å². The van der Waals surface area contributed by atoms with E-state index in [4.69, 9.17) is 11.0 Å². The predicted octanol–water partition coefficient (Wildman–Crippen LogP) is 3.39. The maximum atomic E-state index is 9.11. The zero-order valence-electron chi connectivity index (χ0n) is 10.4. The fourth-order valence-electron chi connectivity index (χ4n) is 1.88. The highest BCUT2D eigenvalue weighted by molar-refractivity contribution is 9.10. The predicted molar refractivity (Wildman–Crippen MR) is 80.5 cm³/mol. The third-order valence-corrected chi connectivity index (χ3v) is 3.40. The van der Waals surface area contributed by atoms with Crippen molar-refractivity contribution in [1.82, 2.24) is 0 Å². The number of nitrogens with zero attached hydrogens (tertiary/aromatic N) is 1. The first-order chi connectivity index (χ1) is 9.24. The van der Waals surface area contributed by atoms with Gasteiger partial charge in [-0.25, -0.2) is 0 Å². The lowest BCUT2D eigenvalue weighted by molar-refractivity contribution is 1.01. The molecule has 2 rings (SSSR count). The highest BCUT2D eigenvalue weighted by Crippen LogP contribution is 2.21. The zero-order valence-corrected chi connectivity index (χ0v) is 11.9. The van der Waals surface area contributed by atoms with Crippen LogP contribution in [0, 0.1) is 11.3 Å². The number of hydrogen-bond donors (Lipinski definition) is 2. The minimum atomic E-state index is 0.517. The van der Waals surface area contributed by atoms with Crippen LogP contribution in [0.5, 0.6) is 0 Å². The van der Waals surface area contributed by atoms with E-state index in [1.54, 1.807) is 6.07 Å². The second-order valence-electron chi connectivity index (χ2n) is 4.13. The number of nitriles is 1. The van der Waals surface area contributed by atoms with Crippen LogP contribution in [0.2, 0.25) is 0 Å². The monoisotopic (exact) mass is 315 g/mol. The number of rotatable bonds is 4. The Morgan fingerprint density at radius 3 is 2.58 bits per heavy atom. The number of benzene rings is 2. The van der Waals surface area contributed by atoms with Crippen LogP contribution in [-0.2, 0) is 13.1 Å². The molecule has 19 heavy (non-hydrogen) atoms. The molecule has 3 N–H and O–H groups in total. The van der Waals surface area contributed by atoms with Crippen LogP contribution in [0.15, 0.2) is 46.9 Å². The number of nitrogens with one attached hydrogen (secondary N) is 1. The van der Waals surface area contributed by atoms with E-state index in [1.165, 1.54) is 0 Å². The first-order valence-corrected chi connectivity index (χ1v) is 6.74.